The van der Waals surface area contributed by atoms with Crippen molar-refractivity contribution < 1.29 is 9.90 Å². The molecule has 2 aromatic carbocycles. The molecule has 22 heavy (non-hydrogen) atoms. The number of benzene rings is 2. The van der Waals surface area contributed by atoms with Crippen LogP contribution in [-0.2, 0) is 6.42 Å². The van der Waals surface area contributed by atoms with Crippen LogP contribution in [0, 0.1) is 0 Å². The summed E-state index contributed by atoms with van der Waals surface area (Å²) in [5.74, 6) is -0.376. The minimum absolute atomic E-state index is 0.152. The number of nitrogens with one attached hydrogen (secondary N) is 1. The van der Waals surface area contributed by atoms with E-state index in [1.807, 2.05) is 48.5 Å². The second kappa shape index (κ2) is 7.73. The quantitative estimate of drug-likeness (QED) is 0.759. The molecule has 0 unspecified atom stereocenters. The third-order valence-corrected chi connectivity index (χ3v) is 3.84. The molecule has 1 amide bonds. The molecule has 0 saturated carbocycles. The molecule has 2 atom stereocenters. The minimum Gasteiger partial charge on any atom is -0.391 e. The number of hydrogen-bond acceptors (Lipinski definition) is 3. The first-order valence-electron chi connectivity index (χ1n) is 7.40. The SMILES string of the molecule is CNC(=O)c1ccccc1[C@H](Cc1ccccc1)[C@@H](O)CN. The topological polar surface area (TPSA) is 75.3 Å². The highest BCUT2D eigenvalue weighted by Crippen LogP contribution is 2.27. The summed E-state index contributed by atoms with van der Waals surface area (Å²) in [6, 6.07) is 17.3. The summed E-state index contributed by atoms with van der Waals surface area (Å²) in [5.41, 5.74) is 8.18. The van der Waals surface area contributed by atoms with Crippen molar-refractivity contribution in [1.29, 1.82) is 0 Å². The van der Waals surface area contributed by atoms with Crippen LogP contribution in [0.2, 0.25) is 0 Å². The molecule has 0 aliphatic heterocycles. The Balaban J connectivity index is 2.40. The summed E-state index contributed by atoms with van der Waals surface area (Å²) in [7, 11) is 1.60. The normalized spacial score (nSPS) is 13.4. The van der Waals surface area contributed by atoms with E-state index in [1.54, 1.807) is 13.1 Å². The van der Waals surface area contributed by atoms with E-state index in [9.17, 15) is 9.90 Å². The number of aliphatic hydroxyl groups is 1. The molecule has 2 aromatic rings. The maximum Gasteiger partial charge on any atom is 0.251 e. The predicted molar refractivity (Wildman–Crippen MR) is 87.8 cm³/mol. The zero-order valence-electron chi connectivity index (χ0n) is 12.7. The van der Waals surface area contributed by atoms with Crippen molar-refractivity contribution in [1.82, 2.24) is 5.32 Å². The fraction of sp³-hybridized carbons (Fsp3) is 0.278. The lowest BCUT2D eigenvalue weighted by atomic mass is 9.84. The number of hydrogen-bond donors (Lipinski definition) is 3. The zero-order chi connectivity index (χ0) is 15.9. The molecule has 4 heteroatoms. The van der Waals surface area contributed by atoms with Gasteiger partial charge in [0.25, 0.3) is 5.91 Å². The fourth-order valence-electron chi connectivity index (χ4n) is 2.65. The Morgan fingerprint density at radius 3 is 2.41 bits per heavy atom. The van der Waals surface area contributed by atoms with Gasteiger partial charge in [-0.25, -0.2) is 0 Å². The highest BCUT2D eigenvalue weighted by atomic mass is 16.3. The molecule has 0 spiro atoms. The molecule has 0 aromatic heterocycles. The average Bonchev–Trinajstić information content (AvgIpc) is 2.59. The van der Waals surface area contributed by atoms with Gasteiger partial charge in [0.2, 0.25) is 0 Å². The van der Waals surface area contributed by atoms with Gasteiger partial charge < -0.3 is 16.2 Å². The highest BCUT2D eigenvalue weighted by Gasteiger charge is 2.24. The van der Waals surface area contributed by atoms with E-state index in [2.05, 4.69) is 5.32 Å². The van der Waals surface area contributed by atoms with Crippen LogP contribution in [0.15, 0.2) is 54.6 Å². The highest BCUT2D eigenvalue weighted by molar-refractivity contribution is 5.95. The van der Waals surface area contributed by atoms with Crippen molar-refractivity contribution in [2.24, 2.45) is 5.73 Å². The maximum atomic E-state index is 12.1. The lowest BCUT2D eigenvalue weighted by Crippen LogP contribution is -2.31. The number of aliphatic hydroxyl groups excluding tert-OH is 1. The Morgan fingerprint density at radius 2 is 1.77 bits per heavy atom. The summed E-state index contributed by atoms with van der Waals surface area (Å²) >= 11 is 0. The number of carbonyl (C=O) groups excluding carboxylic acids is 1. The number of rotatable bonds is 6. The number of amides is 1. The van der Waals surface area contributed by atoms with Crippen LogP contribution in [0.4, 0.5) is 0 Å². The first kappa shape index (κ1) is 16.2. The average molecular weight is 298 g/mol. The van der Waals surface area contributed by atoms with Gasteiger partial charge in [0.15, 0.2) is 0 Å². The van der Waals surface area contributed by atoms with Gasteiger partial charge in [-0.1, -0.05) is 48.5 Å². The van der Waals surface area contributed by atoms with Crippen molar-refractivity contribution in [2.75, 3.05) is 13.6 Å². The summed E-state index contributed by atoms with van der Waals surface area (Å²) in [6.07, 6.45) is -0.0706. The number of nitrogens with two attached hydrogens (primary N) is 1. The van der Waals surface area contributed by atoms with Crippen LogP contribution in [0.5, 0.6) is 0 Å². The van der Waals surface area contributed by atoms with Gasteiger partial charge in [0.05, 0.1) is 6.10 Å². The minimum atomic E-state index is -0.703. The van der Waals surface area contributed by atoms with E-state index in [-0.39, 0.29) is 18.4 Å². The predicted octanol–water partition coefficient (Wildman–Crippen LogP) is 1.69. The molecule has 0 saturated heterocycles. The van der Waals surface area contributed by atoms with E-state index in [1.165, 1.54) is 0 Å². The van der Waals surface area contributed by atoms with Crippen molar-refractivity contribution in [2.45, 2.75) is 18.4 Å². The fourth-order valence-corrected chi connectivity index (χ4v) is 2.65. The van der Waals surface area contributed by atoms with Gasteiger partial charge in [-0.2, -0.15) is 0 Å². The van der Waals surface area contributed by atoms with Gasteiger partial charge >= 0.3 is 0 Å². The van der Waals surface area contributed by atoms with Crippen LogP contribution in [0.1, 0.15) is 27.4 Å². The zero-order valence-corrected chi connectivity index (χ0v) is 12.7. The van der Waals surface area contributed by atoms with Crippen molar-refractivity contribution in [3.05, 3.63) is 71.3 Å². The molecule has 4 nitrogen and oxygen atoms in total. The Bertz CT molecular complexity index is 613. The number of carbonyl (C=O) groups is 1. The lowest BCUT2D eigenvalue weighted by Gasteiger charge is -2.24. The molecule has 0 bridgehead atoms. The Labute approximate surface area is 131 Å². The second-order valence-electron chi connectivity index (χ2n) is 5.27. The Hall–Kier alpha value is -2.17. The largest absolute Gasteiger partial charge is 0.391 e. The van der Waals surface area contributed by atoms with Crippen molar-refractivity contribution >= 4 is 5.91 Å². The first-order chi connectivity index (χ1) is 10.7. The molecule has 0 aliphatic rings. The molecule has 0 heterocycles. The maximum absolute atomic E-state index is 12.1. The molecule has 116 valence electrons. The van der Waals surface area contributed by atoms with E-state index >= 15 is 0 Å². The van der Waals surface area contributed by atoms with Gasteiger partial charge in [-0.05, 0) is 23.6 Å². The van der Waals surface area contributed by atoms with Crippen molar-refractivity contribution in [3.8, 4) is 0 Å². The summed E-state index contributed by atoms with van der Waals surface area (Å²) in [5, 5.41) is 13.0. The Morgan fingerprint density at radius 1 is 1.14 bits per heavy atom. The third kappa shape index (κ3) is 3.72. The summed E-state index contributed by atoms with van der Waals surface area (Å²) < 4.78 is 0. The smallest absolute Gasteiger partial charge is 0.251 e. The van der Waals surface area contributed by atoms with Crippen LogP contribution >= 0.6 is 0 Å². The Kier molecular flexibility index (Phi) is 5.69. The van der Waals surface area contributed by atoms with Gasteiger partial charge in [0, 0.05) is 25.1 Å². The van der Waals surface area contributed by atoms with Crippen LogP contribution in [0.3, 0.4) is 0 Å². The van der Waals surface area contributed by atoms with Gasteiger partial charge in [0.1, 0.15) is 0 Å². The van der Waals surface area contributed by atoms with E-state index in [4.69, 9.17) is 5.73 Å². The second-order valence-corrected chi connectivity index (χ2v) is 5.27. The molecule has 4 N–H and O–H groups in total. The molecule has 2 rings (SSSR count). The molecular weight excluding hydrogens is 276 g/mol. The van der Waals surface area contributed by atoms with E-state index in [0.29, 0.717) is 12.0 Å². The van der Waals surface area contributed by atoms with E-state index < -0.39 is 6.10 Å². The summed E-state index contributed by atoms with van der Waals surface area (Å²) in [4.78, 5) is 12.1. The van der Waals surface area contributed by atoms with E-state index in [0.717, 1.165) is 11.1 Å². The standard InChI is InChI=1S/C18H22N2O2/c1-20-18(22)15-10-6-5-9-14(15)16(17(21)12-19)11-13-7-3-2-4-8-13/h2-10,16-17,21H,11-12,19H2,1H3,(H,20,22)/t16-,17-/m0/s1. The van der Waals surface area contributed by atoms with Crippen LogP contribution < -0.4 is 11.1 Å². The molecule has 0 fully saturated rings. The van der Waals surface area contributed by atoms with Crippen LogP contribution in [0.25, 0.3) is 0 Å². The van der Waals surface area contributed by atoms with Gasteiger partial charge in [-0.3, -0.25) is 4.79 Å². The lowest BCUT2D eigenvalue weighted by molar-refractivity contribution is 0.0959. The van der Waals surface area contributed by atoms with Crippen molar-refractivity contribution in [3.63, 3.8) is 0 Å². The first-order valence-corrected chi connectivity index (χ1v) is 7.40. The van der Waals surface area contributed by atoms with Gasteiger partial charge in [-0.15, -0.1) is 0 Å². The monoisotopic (exact) mass is 298 g/mol. The summed E-state index contributed by atoms with van der Waals surface area (Å²) in [6.45, 7) is 0.152. The third-order valence-electron chi connectivity index (χ3n) is 3.84. The van der Waals surface area contributed by atoms with Crippen LogP contribution in [-0.4, -0.2) is 30.7 Å². The molecular formula is C18H22N2O2. The molecule has 0 aliphatic carbocycles. The molecule has 0 radical (unpaired) electrons.